The van der Waals surface area contributed by atoms with E-state index in [2.05, 4.69) is 28.5 Å². The molecular weight excluding hydrogens is 348 g/mol. The molecule has 3 rings (SSSR count). The van der Waals surface area contributed by atoms with Crippen LogP contribution in [0.2, 0.25) is 0 Å². The second-order valence-electron chi connectivity index (χ2n) is 7.24. The third kappa shape index (κ3) is 4.80. The predicted octanol–water partition coefficient (Wildman–Crippen LogP) is 3.86. The minimum Gasteiger partial charge on any atom is -0.393 e. The molecule has 0 bridgehead atoms. The highest BCUT2D eigenvalue weighted by atomic mass is 32.1. The van der Waals surface area contributed by atoms with Crippen LogP contribution >= 0.6 is 11.5 Å². The Labute approximate surface area is 158 Å². The second-order valence-corrected chi connectivity index (χ2v) is 7.99. The lowest BCUT2D eigenvalue weighted by Gasteiger charge is -2.34. The van der Waals surface area contributed by atoms with Crippen molar-refractivity contribution in [2.24, 2.45) is 11.8 Å². The van der Waals surface area contributed by atoms with Crippen LogP contribution in [0.25, 0.3) is 11.4 Å². The fraction of sp³-hybridized carbons (Fsp3) is 0.526. The van der Waals surface area contributed by atoms with Crippen LogP contribution < -0.4 is 5.32 Å². The summed E-state index contributed by atoms with van der Waals surface area (Å²) in [6.07, 6.45) is 2.24. The molecule has 2 amide bonds. The number of aliphatic hydroxyl groups is 1. The Morgan fingerprint density at radius 2 is 2.00 bits per heavy atom. The first-order valence-electron chi connectivity index (χ1n) is 9.16. The van der Waals surface area contributed by atoms with E-state index in [9.17, 15) is 9.90 Å². The predicted molar refractivity (Wildman–Crippen MR) is 104 cm³/mol. The molecule has 1 fully saturated rings. The van der Waals surface area contributed by atoms with Crippen molar-refractivity contribution < 1.29 is 9.90 Å². The number of nitrogens with zero attached hydrogens (tertiary/aromatic N) is 3. The fourth-order valence-corrected chi connectivity index (χ4v) is 3.89. The third-order valence-corrected chi connectivity index (χ3v) is 5.39. The van der Waals surface area contributed by atoms with Crippen LogP contribution in [0.1, 0.15) is 33.1 Å². The van der Waals surface area contributed by atoms with Crippen LogP contribution in [0.4, 0.5) is 9.93 Å². The summed E-state index contributed by atoms with van der Waals surface area (Å²) in [5.74, 6) is 1.40. The lowest BCUT2D eigenvalue weighted by atomic mass is 9.87. The van der Waals surface area contributed by atoms with Gasteiger partial charge in [-0.2, -0.15) is 9.36 Å². The summed E-state index contributed by atoms with van der Waals surface area (Å²) in [4.78, 5) is 18.7. The minimum atomic E-state index is -0.267. The van der Waals surface area contributed by atoms with E-state index in [-0.39, 0.29) is 18.1 Å². The summed E-state index contributed by atoms with van der Waals surface area (Å²) in [7, 11) is 0. The van der Waals surface area contributed by atoms with E-state index >= 15 is 0 Å². The number of hydrogen-bond donors (Lipinski definition) is 2. The molecule has 2 aromatic rings. The Morgan fingerprint density at radius 3 is 2.65 bits per heavy atom. The van der Waals surface area contributed by atoms with Crippen molar-refractivity contribution in [1.29, 1.82) is 0 Å². The number of carbonyl (C=O) groups excluding carboxylic acids is 1. The number of hydrogen-bond acceptors (Lipinski definition) is 5. The molecular formula is C19H26N4O2S. The van der Waals surface area contributed by atoms with Crippen LogP contribution in [0.15, 0.2) is 30.3 Å². The van der Waals surface area contributed by atoms with Crippen molar-refractivity contribution in [2.75, 3.05) is 18.4 Å². The van der Waals surface area contributed by atoms with E-state index in [1.165, 1.54) is 11.5 Å². The maximum atomic E-state index is 12.5. The molecule has 6 nitrogen and oxygen atoms in total. The molecule has 1 aromatic carbocycles. The van der Waals surface area contributed by atoms with Crippen molar-refractivity contribution in [3.05, 3.63) is 30.3 Å². The number of aromatic nitrogens is 2. The van der Waals surface area contributed by atoms with Gasteiger partial charge in [0, 0.05) is 30.2 Å². The number of anilines is 1. The molecule has 0 aliphatic carbocycles. The molecule has 1 aromatic heterocycles. The van der Waals surface area contributed by atoms with E-state index in [4.69, 9.17) is 0 Å². The van der Waals surface area contributed by atoms with Gasteiger partial charge >= 0.3 is 6.03 Å². The molecule has 2 heterocycles. The smallest absolute Gasteiger partial charge is 0.323 e. The molecule has 1 saturated heterocycles. The van der Waals surface area contributed by atoms with Crippen LogP contribution in [-0.2, 0) is 0 Å². The Bertz CT molecular complexity index is 711. The van der Waals surface area contributed by atoms with Gasteiger partial charge in [0.2, 0.25) is 5.13 Å². The highest BCUT2D eigenvalue weighted by Crippen LogP contribution is 2.25. The van der Waals surface area contributed by atoms with Crippen molar-refractivity contribution in [3.63, 3.8) is 0 Å². The van der Waals surface area contributed by atoms with E-state index in [0.717, 1.165) is 24.8 Å². The van der Waals surface area contributed by atoms with Gasteiger partial charge < -0.3 is 10.0 Å². The van der Waals surface area contributed by atoms with Crippen LogP contribution in [0, 0.1) is 11.8 Å². The number of nitrogens with one attached hydrogen (secondary N) is 1. The molecule has 1 aliphatic heterocycles. The Morgan fingerprint density at radius 1 is 1.31 bits per heavy atom. The SMILES string of the molecule is CC(C)C[C@H](O)C1CCN(C(=O)Nc2nc(-c3ccccc3)ns2)CC1. The van der Waals surface area contributed by atoms with Gasteiger partial charge in [-0.15, -0.1) is 0 Å². The number of amides is 2. The summed E-state index contributed by atoms with van der Waals surface area (Å²) < 4.78 is 4.31. The molecule has 140 valence electrons. The van der Waals surface area contributed by atoms with Crippen molar-refractivity contribution >= 4 is 22.7 Å². The Hall–Kier alpha value is -1.99. The highest BCUT2D eigenvalue weighted by Gasteiger charge is 2.28. The fourth-order valence-electron chi connectivity index (χ4n) is 3.31. The summed E-state index contributed by atoms with van der Waals surface area (Å²) in [5.41, 5.74) is 0.934. The van der Waals surface area contributed by atoms with Gasteiger partial charge in [-0.25, -0.2) is 4.79 Å². The second kappa shape index (κ2) is 8.60. The first kappa shape index (κ1) is 18.8. The van der Waals surface area contributed by atoms with Gasteiger partial charge in [0.05, 0.1) is 6.10 Å². The van der Waals surface area contributed by atoms with Gasteiger partial charge in [0.15, 0.2) is 5.82 Å². The maximum absolute atomic E-state index is 12.5. The van der Waals surface area contributed by atoms with E-state index < -0.39 is 0 Å². The first-order valence-corrected chi connectivity index (χ1v) is 9.93. The van der Waals surface area contributed by atoms with Crippen molar-refractivity contribution in [1.82, 2.24) is 14.3 Å². The Kier molecular flexibility index (Phi) is 6.21. The van der Waals surface area contributed by atoms with E-state index in [1.54, 1.807) is 4.90 Å². The zero-order valence-electron chi connectivity index (χ0n) is 15.3. The largest absolute Gasteiger partial charge is 0.393 e. The molecule has 2 N–H and O–H groups in total. The number of carbonyl (C=O) groups is 1. The lowest BCUT2D eigenvalue weighted by Crippen LogP contribution is -2.43. The molecule has 0 spiro atoms. The van der Waals surface area contributed by atoms with Crippen molar-refractivity contribution in [2.45, 2.75) is 39.2 Å². The average Bonchev–Trinajstić information content (AvgIpc) is 3.10. The Balaban J connectivity index is 1.51. The standard InChI is InChI=1S/C19H26N4O2S/c1-13(2)12-16(24)14-8-10-23(11-9-14)19(25)21-18-20-17(22-26-18)15-6-4-3-5-7-15/h3-7,13-14,16,24H,8-12H2,1-2H3,(H,20,21,22,25)/t16-/m0/s1. The van der Waals surface area contributed by atoms with Gasteiger partial charge in [0.1, 0.15) is 0 Å². The summed E-state index contributed by atoms with van der Waals surface area (Å²) in [6, 6.07) is 9.57. The summed E-state index contributed by atoms with van der Waals surface area (Å²) >= 11 is 1.19. The number of aliphatic hydroxyl groups excluding tert-OH is 1. The third-order valence-electron chi connectivity index (χ3n) is 4.76. The minimum absolute atomic E-state index is 0.141. The molecule has 0 unspecified atom stereocenters. The number of benzene rings is 1. The maximum Gasteiger partial charge on any atom is 0.323 e. The van der Waals surface area contributed by atoms with Crippen LogP contribution in [0.3, 0.4) is 0 Å². The van der Waals surface area contributed by atoms with Gasteiger partial charge in [0.25, 0.3) is 0 Å². The number of likely N-dealkylation sites (tertiary alicyclic amines) is 1. The highest BCUT2D eigenvalue weighted by molar-refractivity contribution is 7.10. The normalized spacial score (nSPS) is 16.7. The molecule has 1 atom stereocenters. The quantitative estimate of drug-likeness (QED) is 0.833. The zero-order chi connectivity index (χ0) is 18.5. The van der Waals surface area contributed by atoms with Gasteiger partial charge in [-0.05, 0) is 31.1 Å². The summed E-state index contributed by atoms with van der Waals surface area (Å²) in [6.45, 7) is 5.57. The number of urea groups is 1. The monoisotopic (exact) mass is 374 g/mol. The van der Waals surface area contributed by atoms with Crippen LogP contribution in [-0.4, -0.2) is 44.6 Å². The number of rotatable bonds is 5. The van der Waals surface area contributed by atoms with E-state index in [0.29, 0.717) is 30.0 Å². The molecule has 0 saturated carbocycles. The van der Waals surface area contributed by atoms with Crippen LogP contribution in [0.5, 0.6) is 0 Å². The molecule has 0 radical (unpaired) electrons. The zero-order valence-corrected chi connectivity index (χ0v) is 16.1. The van der Waals surface area contributed by atoms with E-state index in [1.807, 2.05) is 30.3 Å². The van der Waals surface area contributed by atoms with Gasteiger partial charge in [-0.1, -0.05) is 44.2 Å². The molecule has 26 heavy (non-hydrogen) atoms. The number of piperidine rings is 1. The van der Waals surface area contributed by atoms with Gasteiger partial charge in [-0.3, -0.25) is 5.32 Å². The molecule has 1 aliphatic rings. The summed E-state index contributed by atoms with van der Waals surface area (Å²) in [5, 5.41) is 13.6. The lowest BCUT2D eigenvalue weighted by molar-refractivity contribution is 0.0534. The first-order chi connectivity index (χ1) is 12.5. The van der Waals surface area contributed by atoms with Crippen molar-refractivity contribution in [3.8, 4) is 11.4 Å². The average molecular weight is 375 g/mol. The molecule has 7 heteroatoms. The topological polar surface area (TPSA) is 78.4 Å².